The van der Waals surface area contributed by atoms with Gasteiger partial charge in [-0.15, -0.1) is 0 Å². The lowest BCUT2D eigenvalue weighted by Gasteiger charge is -2.09. The van der Waals surface area contributed by atoms with Crippen LogP contribution in [0.1, 0.15) is 43.7 Å². The molecule has 0 bridgehead atoms. The molecule has 0 unspecified atom stereocenters. The largest absolute Gasteiger partial charge is 0.497 e. The Kier molecular flexibility index (Phi) is 9.06. The van der Waals surface area contributed by atoms with E-state index in [1.807, 2.05) is 66.8 Å². The predicted molar refractivity (Wildman–Crippen MR) is 117 cm³/mol. The first-order chi connectivity index (χ1) is 13.7. The summed E-state index contributed by atoms with van der Waals surface area (Å²) in [7, 11) is 3.30. The molecule has 2 aromatic rings. The van der Waals surface area contributed by atoms with Gasteiger partial charge in [-0.1, -0.05) is 68.7 Å². The van der Waals surface area contributed by atoms with Crippen molar-refractivity contribution in [3.63, 3.8) is 0 Å². The Morgan fingerprint density at radius 1 is 0.857 bits per heavy atom. The van der Waals surface area contributed by atoms with E-state index in [1.54, 1.807) is 20.3 Å². The number of unbranched alkanes of at least 4 members (excludes halogenated alkanes) is 2. The van der Waals surface area contributed by atoms with Crippen molar-refractivity contribution in [1.82, 2.24) is 0 Å². The van der Waals surface area contributed by atoms with E-state index in [1.165, 1.54) is 0 Å². The van der Waals surface area contributed by atoms with Crippen molar-refractivity contribution in [1.29, 1.82) is 0 Å². The van der Waals surface area contributed by atoms with Crippen LogP contribution >= 0.6 is 0 Å². The van der Waals surface area contributed by atoms with Gasteiger partial charge in [0, 0.05) is 5.92 Å². The molecule has 2 aromatic carbocycles. The second-order valence-corrected chi connectivity index (χ2v) is 6.74. The van der Waals surface area contributed by atoms with Gasteiger partial charge in [-0.25, -0.2) is 0 Å². The highest BCUT2D eigenvalue weighted by atomic mass is 16.5. The molecule has 0 aliphatic carbocycles. The number of ether oxygens (including phenoxy) is 2. The molecular weight excluding hydrogens is 348 g/mol. The summed E-state index contributed by atoms with van der Waals surface area (Å²) in [5.41, 5.74) is 2.05. The lowest BCUT2D eigenvalue weighted by Crippen LogP contribution is -2.09. The van der Waals surface area contributed by atoms with Crippen molar-refractivity contribution < 1.29 is 14.3 Å². The summed E-state index contributed by atoms with van der Waals surface area (Å²) < 4.78 is 10.4. The molecule has 0 saturated carbocycles. The van der Waals surface area contributed by atoms with E-state index < -0.39 is 0 Å². The summed E-state index contributed by atoms with van der Waals surface area (Å²) >= 11 is 0. The van der Waals surface area contributed by atoms with Crippen molar-refractivity contribution in [3.05, 3.63) is 71.8 Å². The van der Waals surface area contributed by atoms with Crippen molar-refractivity contribution in [2.24, 2.45) is 5.92 Å². The average Bonchev–Trinajstić information content (AvgIpc) is 2.75. The van der Waals surface area contributed by atoms with Crippen LogP contribution in [0.2, 0.25) is 0 Å². The maximum atomic E-state index is 12.8. The van der Waals surface area contributed by atoms with Gasteiger partial charge in [0.2, 0.25) is 0 Å². The Balaban J connectivity index is 2.07. The second kappa shape index (κ2) is 11.8. The number of benzene rings is 2. The lowest BCUT2D eigenvalue weighted by molar-refractivity contribution is -0.117. The fraction of sp³-hybridized carbons (Fsp3) is 0.320. The smallest absolute Gasteiger partial charge is 0.162 e. The molecule has 0 saturated heterocycles. The summed E-state index contributed by atoms with van der Waals surface area (Å²) in [6, 6.07) is 15.5. The van der Waals surface area contributed by atoms with E-state index in [4.69, 9.17) is 9.47 Å². The van der Waals surface area contributed by atoms with Gasteiger partial charge in [0.1, 0.15) is 11.5 Å². The molecule has 0 N–H and O–H groups in total. The first-order valence-corrected chi connectivity index (χ1v) is 9.84. The molecular formula is C25H30O3. The topological polar surface area (TPSA) is 35.5 Å². The molecule has 3 nitrogen and oxygen atoms in total. The molecule has 1 atom stereocenters. The molecule has 28 heavy (non-hydrogen) atoms. The lowest BCUT2D eigenvalue weighted by atomic mass is 9.94. The van der Waals surface area contributed by atoms with E-state index >= 15 is 0 Å². The number of ketones is 1. The zero-order valence-corrected chi connectivity index (χ0v) is 17.1. The van der Waals surface area contributed by atoms with E-state index in [0.717, 1.165) is 48.3 Å². The minimum atomic E-state index is -0.108. The monoisotopic (exact) mass is 378 g/mol. The second-order valence-electron chi connectivity index (χ2n) is 6.74. The van der Waals surface area contributed by atoms with Crippen molar-refractivity contribution in [2.45, 2.75) is 32.6 Å². The van der Waals surface area contributed by atoms with Crippen molar-refractivity contribution in [2.75, 3.05) is 14.2 Å². The minimum Gasteiger partial charge on any atom is -0.497 e. The molecule has 0 heterocycles. The van der Waals surface area contributed by atoms with Gasteiger partial charge in [-0.05, 0) is 47.9 Å². The van der Waals surface area contributed by atoms with Crippen LogP contribution in [0.15, 0.2) is 60.7 Å². The fourth-order valence-corrected chi connectivity index (χ4v) is 2.91. The Morgan fingerprint density at radius 2 is 1.39 bits per heavy atom. The van der Waals surface area contributed by atoms with Crippen LogP contribution in [0.25, 0.3) is 12.2 Å². The van der Waals surface area contributed by atoms with E-state index in [2.05, 4.69) is 6.92 Å². The minimum absolute atomic E-state index is 0.108. The van der Waals surface area contributed by atoms with E-state index in [-0.39, 0.29) is 11.7 Å². The molecule has 0 aliphatic heterocycles. The third-order valence-electron chi connectivity index (χ3n) is 4.68. The first kappa shape index (κ1) is 21.5. The summed E-state index contributed by atoms with van der Waals surface area (Å²) in [5, 5.41) is 0. The van der Waals surface area contributed by atoms with E-state index in [0.29, 0.717) is 0 Å². The molecule has 2 rings (SSSR count). The molecule has 0 amide bonds. The van der Waals surface area contributed by atoms with Crippen LogP contribution in [0, 0.1) is 5.92 Å². The number of hydrogen-bond donors (Lipinski definition) is 0. The van der Waals surface area contributed by atoms with Gasteiger partial charge in [-0.3, -0.25) is 4.79 Å². The molecule has 0 fully saturated rings. The van der Waals surface area contributed by atoms with Crippen LogP contribution in [-0.2, 0) is 4.79 Å². The maximum absolute atomic E-state index is 12.8. The number of rotatable bonds is 11. The highest BCUT2D eigenvalue weighted by molar-refractivity contribution is 5.96. The summed E-state index contributed by atoms with van der Waals surface area (Å²) in [4.78, 5) is 12.8. The highest BCUT2D eigenvalue weighted by Gasteiger charge is 2.12. The Labute approximate surface area is 168 Å². The summed E-state index contributed by atoms with van der Waals surface area (Å²) in [6.07, 6.45) is 11.8. The number of carbonyl (C=O) groups is 1. The maximum Gasteiger partial charge on any atom is 0.162 e. The van der Waals surface area contributed by atoms with Gasteiger partial charge >= 0.3 is 0 Å². The number of carbonyl (C=O) groups excluding carboxylic acids is 1. The average molecular weight is 379 g/mol. The Bertz CT molecular complexity index is 770. The standard InChI is InChI=1S/C25H30O3/c1-4-5-6-7-22(14-8-20-9-15-23(27-2)16-10-20)25(26)19-13-21-11-17-24(28-3)18-12-21/h8-19,22H,4-7H2,1-3H3/b14-8+,19-13+/t22-/m0/s1. The van der Waals surface area contributed by atoms with Gasteiger partial charge in [0.05, 0.1) is 14.2 Å². The molecule has 0 aromatic heterocycles. The third kappa shape index (κ3) is 7.07. The Morgan fingerprint density at radius 3 is 1.89 bits per heavy atom. The molecule has 148 valence electrons. The zero-order valence-electron chi connectivity index (χ0n) is 17.1. The van der Waals surface area contributed by atoms with Crippen LogP contribution < -0.4 is 9.47 Å². The quantitative estimate of drug-likeness (QED) is 0.345. The highest BCUT2D eigenvalue weighted by Crippen LogP contribution is 2.18. The molecule has 0 aliphatic rings. The fourth-order valence-electron chi connectivity index (χ4n) is 2.91. The van der Waals surface area contributed by atoms with E-state index in [9.17, 15) is 4.79 Å². The van der Waals surface area contributed by atoms with Crippen LogP contribution in [0.5, 0.6) is 11.5 Å². The van der Waals surface area contributed by atoms with Crippen LogP contribution in [0.4, 0.5) is 0 Å². The first-order valence-electron chi connectivity index (χ1n) is 9.84. The summed E-state index contributed by atoms with van der Waals surface area (Å²) in [5.74, 6) is 1.67. The van der Waals surface area contributed by atoms with Crippen molar-refractivity contribution in [3.8, 4) is 11.5 Å². The number of allylic oxidation sites excluding steroid dienone is 2. The Hall–Kier alpha value is -2.81. The number of hydrogen-bond acceptors (Lipinski definition) is 3. The predicted octanol–water partition coefficient (Wildman–Crippen LogP) is 6.20. The van der Waals surface area contributed by atoms with Gasteiger partial charge in [0.15, 0.2) is 5.78 Å². The molecule has 0 spiro atoms. The normalized spacial score (nSPS) is 12.4. The van der Waals surface area contributed by atoms with Crippen LogP contribution in [0.3, 0.4) is 0 Å². The SMILES string of the molecule is CCCCC[C@@H](/C=C/c1ccc(OC)cc1)C(=O)/C=C/c1ccc(OC)cc1. The van der Waals surface area contributed by atoms with Gasteiger partial charge in [0.25, 0.3) is 0 Å². The van der Waals surface area contributed by atoms with Crippen LogP contribution in [-0.4, -0.2) is 20.0 Å². The molecule has 0 radical (unpaired) electrons. The zero-order chi connectivity index (χ0) is 20.2. The molecule has 3 heteroatoms. The summed E-state index contributed by atoms with van der Waals surface area (Å²) in [6.45, 7) is 2.17. The number of methoxy groups -OCH3 is 2. The van der Waals surface area contributed by atoms with Crippen molar-refractivity contribution >= 4 is 17.9 Å². The van der Waals surface area contributed by atoms with Gasteiger partial charge < -0.3 is 9.47 Å². The van der Waals surface area contributed by atoms with Gasteiger partial charge in [-0.2, -0.15) is 0 Å². The third-order valence-corrected chi connectivity index (χ3v) is 4.68.